The molecule has 7 heteroatoms. The highest BCUT2D eigenvalue weighted by atomic mass is 32.2. The summed E-state index contributed by atoms with van der Waals surface area (Å²) in [5.74, 6) is 0.548. The average molecular weight is 390 g/mol. The number of sulfonamides is 1. The van der Waals surface area contributed by atoms with E-state index in [1.165, 1.54) is 13.2 Å². The van der Waals surface area contributed by atoms with Crippen molar-refractivity contribution in [2.45, 2.75) is 11.4 Å². The average Bonchev–Trinajstić information content (AvgIpc) is 3.22. The maximum absolute atomic E-state index is 13.9. The second-order valence-corrected chi connectivity index (χ2v) is 9.26. The van der Waals surface area contributed by atoms with Gasteiger partial charge in [-0.2, -0.15) is 4.31 Å². The number of methoxy groups -OCH3 is 1. The van der Waals surface area contributed by atoms with Gasteiger partial charge in [0.2, 0.25) is 10.0 Å². The Kier molecular flexibility index (Phi) is 4.92. The van der Waals surface area contributed by atoms with E-state index in [4.69, 9.17) is 4.74 Å². The van der Waals surface area contributed by atoms with Gasteiger partial charge >= 0.3 is 0 Å². The van der Waals surface area contributed by atoms with Gasteiger partial charge in [0.15, 0.2) is 11.6 Å². The third-order valence-corrected chi connectivity index (χ3v) is 7.38. The number of nitrogens with zero attached hydrogens (tertiary/aromatic N) is 2. The van der Waals surface area contributed by atoms with Gasteiger partial charge in [0.25, 0.3) is 0 Å². The van der Waals surface area contributed by atoms with E-state index in [9.17, 15) is 12.8 Å². The largest absolute Gasteiger partial charge is 0.494 e. The predicted octanol–water partition coefficient (Wildman–Crippen LogP) is 2.59. The Morgan fingerprint density at radius 1 is 1.04 bits per heavy atom. The molecule has 27 heavy (non-hydrogen) atoms. The molecule has 0 aromatic heterocycles. The lowest BCUT2D eigenvalue weighted by Crippen LogP contribution is -2.33. The number of fused-ring (bicyclic) bond motifs is 1. The molecule has 2 fully saturated rings. The van der Waals surface area contributed by atoms with Crippen molar-refractivity contribution in [2.24, 2.45) is 11.8 Å². The van der Waals surface area contributed by atoms with E-state index in [1.807, 2.05) is 12.1 Å². The molecule has 0 bridgehead atoms. The van der Waals surface area contributed by atoms with Crippen molar-refractivity contribution in [3.63, 3.8) is 0 Å². The van der Waals surface area contributed by atoms with Crippen LogP contribution in [0.4, 0.5) is 4.39 Å². The fourth-order valence-corrected chi connectivity index (χ4v) is 5.76. The van der Waals surface area contributed by atoms with Crippen LogP contribution in [0.25, 0.3) is 0 Å². The van der Waals surface area contributed by atoms with Gasteiger partial charge in [-0.05, 0) is 41.7 Å². The number of hydrogen-bond acceptors (Lipinski definition) is 4. The standard InChI is InChI=1S/C20H23FN2O3S/c1-26-20-8-7-15(9-19(20)21)10-22-11-16-13-23(14-17(16)12-22)27(24,25)18-5-3-2-4-6-18/h2-9,16-17H,10-14H2,1H3. The van der Waals surface area contributed by atoms with E-state index in [1.54, 1.807) is 34.6 Å². The highest BCUT2D eigenvalue weighted by Crippen LogP contribution is 2.35. The van der Waals surface area contributed by atoms with Crippen LogP contribution in [0.2, 0.25) is 0 Å². The minimum Gasteiger partial charge on any atom is -0.494 e. The molecule has 144 valence electrons. The Balaban J connectivity index is 1.39. The zero-order valence-electron chi connectivity index (χ0n) is 15.2. The van der Waals surface area contributed by atoms with Crippen LogP contribution >= 0.6 is 0 Å². The lowest BCUT2D eigenvalue weighted by Gasteiger charge is -2.21. The summed E-state index contributed by atoms with van der Waals surface area (Å²) in [4.78, 5) is 2.64. The van der Waals surface area contributed by atoms with Crippen molar-refractivity contribution in [3.8, 4) is 5.75 Å². The molecule has 2 atom stereocenters. The molecule has 2 aliphatic heterocycles. The Morgan fingerprint density at radius 2 is 1.70 bits per heavy atom. The summed E-state index contributed by atoms with van der Waals surface area (Å²) in [5.41, 5.74) is 0.905. The van der Waals surface area contributed by atoms with Crippen molar-refractivity contribution in [3.05, 3.63) is 59.9 Å². The minimum absolute atomic E-state index is 0.249. The number of hydrogen-bond donors (Lipinski definition) is 0. The minimum atomic E-state index is -3.42. The number of rotatable bonds is 5. The molecule has 2 saturated heterocycles. The summed E-state index contributed by atoms with van der Waals surface area (Å²) in [7, 11) is -1.97. The first-order chi connectivity index (χ1) is 13.0. The van der Waals surface area contributed by atoms with E-state index in [0.717, 1.165) is 18.7 Å². The second kappa shape index (κ2) is 7.22. The Labute approximate surface area is 159 Å². The number of ether oxygens (including phenoxy) is 1. The maximum Gasteiger partial charge on any atom is 0.243 e. The van der Waals surface area contributed by atoms with Gasteiger partial charge in [-0.3, -0.25) is 4.90 Å². The Bertz CT molecular complexity index is 906. The van der Waals surface area contributed by atoms with Crippen molar-refractivity contribution < 1.29 is 17.5 Å². The van der Waals surface area contributed by atoms with E-state index < -0.39 is 10.0 Å². The predicted molar refractivity (Wildman–Crippen MR) is 100 cm³/mol. The molecule has 4 rings (SSSR count). The molecule has 2 heterocycles. The number of benzene rings is 2. The lowest BCUT2D eigenvalue weighted by atomic mass is 10.0. The van der Waals surface area contributed by atoms with Gasteiger partial charge in [-0.25, -0.2) is 12.8 Å². The molecule has 2 aromatic carbocycles. The highest BCUT2D eigenvalue weighted by molar-refractivity contribution is 7.89. The Hall–Kier alpha value is -1.96. The Morgan fingerprint density at radius 3 is 2.30 bits per heavy atom. The van der Waals surface area contributed by atoms with Crippen molar-refractivity contribution in [1.29, 1.82) is 0 Å². The summed E-state index contributed by atoms with van der Waals surface area (Å²) in [6, 6.07) is 13.6. The molecule has 0 saturated carbocycles. The van der Waals surface area contributed by atoms with E-state index in [0.29, 0.717) is 36.4 Å². The molecule has 0 N–H and O–H groups in total. The fraction of sp³-hybridized carbons (Fsp3) is 0.400. The summed E-state index contributed by atoms with van der Waals surface area (Å²) in [6.07, 6.45) is 0. The van der Waals surface area contributed by atoms with Gasteiger partial charge in [0.05, 0.1) is 12.0 Å². The summed E-state index contributed by atoms with van der Waals surface area (Å²) < 4.78 is 46.0. The molecule has 0 radical (unpaired) electrons. The first-order valence-electron chi connectivity index (χ1n) is 9.07. The van der Waals surface area contributed by atoms with Crippen LogP contribution in [0, 0.1) is 17.7 Å². The molecular formula is C20H23FN2O3S. The topological polar surface area (TPSA) is 49.9 Å². The van der Waals surface area contributed by atoms with Crippen LogP contribution in [0.15, 0.2) is 53.4 Å². The number of likely N-dealkylation sites (tertiary alicyclic amines) is 1. The number of halogens is 1. The third-order valence-electron chi connectivity index (χ3n) is 5.53. The van der Waals surface area contributed by atoms with Crippen molar-refractivity contribution in [1.82, 2.24) is 9.21 Å². The molecule has 2 aromatic rings. The van der Waals surface area contributed by atoms with E-state index in [-0.39, 0.29) is 11.6 Å². The fourth-order valence-electron chi connectivity index (χ4n) is 4.18. The summed E-state index contributed by atoms with van der Waals surface area (Å²) in [6.45, 7) is 3.43. The zero-order valence-corrected chi connectivity index (χ0v) is 16.0. The van der Waals surface area contributed by atoms with Crippen LogP contribution in [0.1, 0.15) is 5.56 Å². The first-order valence-corrected chi connectivity index (χ1v) is 10.5. The normalized spacial score (nSPS) is 23.5. The van der Waals surface area contributed by atoms with Crippen LogP contribution in [0.5, 0.6) is 5.75 Å². The lowest BCUT2D eigenvalue weighted by molar-refractivity contribution is 0.289. The molecule has 0 spiro atoms. The van der Waals surface area contributed by atoms with Crippen molar-refractivity contribution in [2.75, 3.05) is 33.3 Å². The van der Waals surface area contributed by atoms with Gasteiger partial charge in [0.1, 0.15) is 0 Å². The summed E-state index contributed by atoms with van der Waals surface area (Å²) in [5, 5.41) is 0. The molecule has 0 amide bonds. The highest BCUT2D eigenvalue weighted by Gasteiger charge is 2.44. The molecule has 5 nitrogen and oxygen atoms in total. The van der Waals surface area contributed by atoms with Crippen molar-refractivity contribution >= 4 is 10.0 Å². The molecular weight excluding hydrogens is 367 g/mol. The van der Waals surface area contributed by atoms with E-state index >= 15 is 0 Å². The van der Waals surface area contributed by atoms with Gasteiger partial charge in [-0.15, -0.1) is 0 Å². The van der Waals surface area contributed by atoms with Gasteiger partial charge < -0.3 is 4.74 Å². The molecule has 2 aliphatic rings. The first kappa shape index (κ1) is 18.4. The van der Waals surface area contributed by atoms with Crippen LogP contribution in [-0.2, 0) is 16.6 Å². The van der Waals surface area contributed by atoms with Gasteiger partial charge in [0, 0.05) is 32.7 Å². The SMILES string of the molecule is COc1ccc(CN2CC3CN(S(=O)(=O)c4ccccc4)CC3C2)cc1F. The van der Waals surface area contributed by atoms with Crippen LogP contribution in [0.3, 0.4) is 0 Å². The maximum atomic E-state index is 13.9. The molecule has 0 aliphatic carbocycles. The van der Waals surface area contributed by atoms with E-state index in [2.05, 4.69) is 4.90 Å². The smallest absolute Gasteiger partial charge is 0.243 e. The second-order valence-electron chi connectivity index (χ2n) is 7.32. The van der Waals surface area contributed by atoms with Crippen LogP contribution in [-0.4, -0.2) is 50.9 Å². The quantitative estimate of drug-likeness (QED) is 0.788. The van der Waals surface area contributed by atoms with Gasteiger partial charge in [-0.1, -0.05) is 24.3 Å². The van der Waals surface area contributed by atoms with Crippen LogP contribution < -0.4 is 4.74 Å². The monoisotopic (exact) mass is 390 g/mol. The zero-order chi connectivity index (χ0) is 19.0. The summed E-state index contributed by atoms with van der Waals surface area (Å²) >= 11 is 0. The molecule has 2 unspecified atom stereocenters. The third kappa shape index (κ3) is 3.59.